The molecule has 0 fully saturated rings. The number of benzene rings is 8. The van der Waals surface area contributed by atoms with Gasteiger partial charge < -0.3 is 0 Å². The third kappa shape index (κ3) is 22.0. The summed E-state index contributed by atoms with van der Waals surface area (Å²) in [7, 11) is 0. The number of nitriles is 4. The van der Waals surface area contributed by atoms with E-state index >= 15 is 0 Å². The number of aromatic nitrogens is 11. The van der Waals surface area contributed by atoms with Crippen LogP contribution >= 0.6 is 0 Å². The van der Waals surface area contributed by atoms with E-state index in [0.29, 0.717) is 46.5 Å². The summed E-state index contributed by atoms with van der Waals surface area (Å²) in [4.78, 5) is 48.1. The molecule has 0 spiro atoms. The van der Waals surface area contributed by atoms with Crippen molar-refractivity contribution in [2.75, 3.05) is 0 Å². The summed E-state index contributed by atoms with van der Waals surface area (Å²) < 4.78 is 0. The molecule has 0 saturated carbocycles. The van der Waals surface area contributed by atoms with Crippen molar-refractivity contribution in [1.29, 1.82) is 21.0 Å². The molecule has 15 heteroatoms. The van der Waals surface area contributed by atoms with Gasteiger partial charge in [0, 0.05) is 99.1 Å². The van der Waals surface area contributed by atoms with Gasteiger partial charge in [0.2, 0.25) is 0 Å². The standard InChI is InChI=1S/C19H18N2.C18H17N3.2C15H14N2.2C14H13N3/c1-14(2)19-20-17(15-9-5-3-6-10-15)13-18(21-19)16-11-7-4-8-12-16;1-13(2)16-19-17(14-9-5-3-6-10-14)21-18(20-16)15-11-7-4-8-12-15;1-11(2)13-6-3-7-14(15(13)9-16)12-5-4-8-17-10-12;1-11(2)12-6-5-7-13(14(12)10-16)15-8-3-4-9-17-15;1-10(2)11-4-5-13(12(8-11)9-15)14-16-6-3-7-17-14;1-10(2)11-4-3-5-12(13(11)8-15)14-6-7-16-9-17-14/h3-14H,1-2H3;3-13H,1-2H3;3-8,10-11H,1-2H3;3-9,11H,1-2H3;3-8,10H,1-2H3;3-7,9-10H,1-2H3. The van der Waals surface area contributed by atoms with Gasteiger partial charge in [-0.25, -0.2) is 44.9 Å². The molecule has 0 atom stereocenters. The van der Waals surface area contributed by atoms with Crippen molar-refractivity contribution in [3.8, 4) is 115 Å². The fraction of sp³-hybridized carbons (Fsp3) is 0.189. The van der Waals surface area contributed by atoms with Gasteiger partial charge in [-0.05, 0) is 94.5 Å². The lowest BCUT2D eigenvalue weighted by Crippen LogP contribution is -2.04. The maximum Gasteiger partial charge on any atom is 0.163 e. The molecule has 8 aromatic carbocycles. The third-order valence-electron chi connectivity index (χ3n) is 17.5. The summed E-state index contributed by atoms with van der Waals surface area (Å²) in [6.07, 6.45) is 11.8. The summed E-state index contributed by atoms with van der Waals surface area (Å²) in [5.41, 5.74) is 19.6. The minimum Gasteiger partial charge on any atom is -0.264 e. The molecule has 0 N–H and O–H groups in total. The Bertz CT molecular complexity index is 4910. The normalized spacial score (nSPS) is 10.5. The van der Waals surface area contributed by atoms with Gasteiger partial charge in [-0.2, -0.15) is 21.0 Å². The second-order valence-corrected chi connectivity index (χ2v) is 27.4. The Morgan fingerprint density at radius 1 is 0.264 bits per heavy atom. The van der Waals surface area contributed by atoms with Gasteiger partial charge in [-0.15, -0.1) is 0 Å². The van der Waals surface area contributed by atoms with Crippen LogP contribution in [0, 0.1) is 45.3 Å². The molecule has 0 amide bonds. The van der Waals surface area contributed by atoms with Crippen molar-refractivity contribution in [1.82, 2.24) is 54.8 Å². The molecule has 14 aromatic rings. The van der Waals surface area contributed by atoms with Crippen molar-refractivity contribution < 1.29 is 0 Å². The first kappa shape index (κ1) is 80.4. The Kier molecular flexibility index (Phi) is 29.7. The first-order chi connectivity index (χ1) is 53.4. The maximum atomic E-state index is 9.34. The molecule has 0 aliphatic carbocycles. The summed E-state index contributed by atoms with van der Waals surface area (Å²) in [6.45, 7) is 25.2. The molecule has 544 valence electrons. The Balaban J connectivity index is 0.000000152. The summed E-state index contributed by atoms with van der Waals surface area (Å²) in [5, 5.41) is 37.2. The van der Waals surface area contributed by atoms with Gasteiger partial charge in [0.25, 0.3) is 0 Å². The van der Waals surface area contributed by atoms with Crippen LogP contribution < -0.4 is 0 Å². The molecule has 0 aliphatic heterocycles. The van der Waals surface area contributed by atoms with E-state index in [2.05, 4.69) is 183 Å². The van der Waals surface area contributed by atoms with Gasteiger partial charge in [-0.3, -0.25) is 9.97 Å². The smallest absolute Gasteiger partial charge is 0.163 e. The fourth-order valence-corrected chi connectivity index (χ4v) is 11.7. The number of rotatable bonds is 14. The summed E-state index contributed by atoms with van der Waals surface area (Å²) in [5.74, 6) is 5.75. The van der Waals surface area contributed by atoms with Crippen LogP contribution in [0.5, 0.6) is 0 Å². The minimum absolute atomic E-state index is 0.262. The van der Waals surface area contributed by atoms with E-state index in [4.69, 9.17) is 9.97 Å². The van der Waals surface area contributed by atoms with Gasteiger partial charge in [0.1, 0.15) is 36.2 Å². The maximum absolute atomic E-state index is 9.34. The Morgan fingerprint density at radius 2 is 0.700 bits per heavy atom. The molecule has 15 nitrogen and oxygen atoms in total. The van der Waals surface area contributed by atoms with Crippen LogP contribution in [0.4, 0.5) is 0 Å². The van der Waals surface area contributed by atoms with Crippen LogP contribution in [-0.2, 0) is 0 Å². The second kappa shape index (κ2) is 40.7. The Morgan fingerprint density at radius 3 is 1.11 bits per heavy atom. The van der Waals surface area contributed by atoms with E-state index in [1.54, 1.807) is 43.2 Å². The second-order valence-electron chi connectivity index (χ2n) is 27.4. The molecule has 110 heavy (non-hydrogen) atoms. The Hall–Kier alpha value is -13.7. The van der Waals surface area contributed by atoms with Crippen molar-refractivity contribution >= 4 is 0 Å². The number of hydrogen-bond acceptors (Lipinski definition) is 15. The summed E-state index contributed by atoms with van der Waals surface area (Å²) in [6, 6.07) is 88.6. The predicted octanol–water partition coefficient (Wildman–Crippen LogP) is 23.0. The molecule has 0 bridgehead atoms. The highest BCUT2D eigenvalue weighted by molar-refractivity contribution is 5.74. The fourth-order valence-electron chi connectivity index (χ4n) is 11.7. The van der Waals surface area contributed by atoms with Gasteiger partial charge in [0.05, 0.1) is 51.1 Å². The molecular weight excluding hydrogens is 1350 g/mol. The van der Waals surface area contributed by atoms with E-state index in [9.17, 15) is 21.0 Å². The minimum atomic E-state index is 0.262. The first-order valence-corrected chi connectivity index (χ1v) is 36.8. The van der Waals surface area contributed by atoms with E-state index in [-0.39, 0.29) is 5.92 Å². The predicted molar refractivity (Wildman–Crippen MR) is 441 cm³/mol. The third-order valence-corrected chi connectivity index (χ3v) is 17.5. The lowest BCUT2D eigenvalue weighted by molar-refractivity contribution is 0.766. The van der Waals surface area contributed by atoms with Gasteiger partial charge in [0.15, 0.2) is 17.5 Å². The number of nitrogens with zero attached hydrogens (tertiary/aromatic N) is 15. The topological polar surface area (TPSA) is 237 Å². The van der Waals surface area contributed by atoms with Crippen LogP contribution in [0.3, 0.4) is 0 Å². The van der Waals surface area contributed by atoms with Crippen molar-refractivity contribution in [2.45, 2.75) is 119 Å². The first-order valence-electron chi connectivity index (χ1n) is 36.8. The lowest BCUT2D eigenvalue weighted by Gasteiger charge is -2.11. The quantitative estimate of drug-likeness (QED) is 0.0984. The van der Waals surface area contributed by atoms with E-state index in [1.165, 1.54) is 6.33 Å². The van der Waals surface area contributed by atoms with Crippen molar-refractivity contribution in [3.63, 3.8) is 0 Å². The summed E-state index contributed by atoms with van der Waals surface area (Å²) >= 11 is 0. The largest absolute Gasteiger partial charge is 0.264 e. The van der Waals surface area contributed by atoms with Crippen molar-refractivity contribution in [3.05, 3.63) is 342 Å². The SMILES string of the molecule is CC(C)c1ccc(-c2ncccn2)c(C#N)c1.CC(C)c1cccc(-c2ccccn2)c1C#N.CC(C)c1cccc(-c2cccnc2)c1C#N.CC(C)c1cccc(-c2ccncn2)c1C#N.CC(C)c1nc(-c2ccccc2)cc(-c2ccccc2)n1.CC(C)c1nc(-c2ccccc2)nc(-c2ccccc2)n1. The highest BCUT2D eigenvalue weighted by atomic mass is 15.0. The van der Waals surface area contributed by atoms with Crippen LogP contribution in [0.2, 0.25) is 0 Å². The number of pyridine rings is 2. The average molecular weight is 1440 g/mol. The molecular formula is C95H89N15. The highest BCUT2D eigenvalue weighted by Gasteiger charge is 2.18. The zero-order valence-corrected chi connectivity index (χ0v) is 64.3. The van der Waals surface area contributed by atoms with E-state index in [0.717, 1.165) is 130 Å². The molecule has 0 radical (unpaired) electrons. The molecule has 6 heterocycles. The number of hydrogen-bond donors (Lipinski definition) is 0. The zero-order valence-electron chi connectivity index (χ0n) is 64.3. The van der Waals surface area contributed by atoms with Crippen LogP contribution in [0.1, 0.15) is 175 Å². The molecule has 0 aliphatic rings. The lowest BCUT2D eigenvalue weighted by atomic mass is 9.91. The van der Waals surface area contributed by atoms with Crippen molar-refractivity contribution in [2.24, 2.45) is 0 Å². The average Bonchev–Trinajstić information content (AvgIpc) is 0.846. The molecule has 0 unspecified atom stereocenters. The highest BCUT2D eigenvalue weighted by Crippen LogP contribution is 2.33. The van der Waals surface area contributed by atoms with Gasteiger partial charge >= 0.3 is 0 Å². The molecule has 6 aromatic heterocycles. The van der Waals surface area contributed by atoms with Crippen LogP contribution in [0.15, 0.2) is 286 Å². The van der Waals surface area contributed by atoms with Gasteiger partial charge in [-0.1, -0.05) is 277 Å². The van der Waals surface area contributed by atoms with Crippen LogP contribution in [0.25, 0.3) is 90.3 Å². The Labute approximate surface area is 647 Å². The van der Waals surface area contributed by atoms with E-state index < -0.39 is 0 Å². The molecule has 0 saturated heterocycles. The zero-order chi connectivity index (χ0) is 78.3. The van der Waals surface area contributed by atoms with Crippen LogP contribution in [-0.4, -0.2) is 54.8 Å². The molecule has 14 rings (SSSR count). The van der Waals surface area contributed by atoms with E-state index in [1.807, 2.05) is 206 Å². The monoisotopic (exact) mass is 1440 g/mol.